The molecule has 1 aromatic rings. The molecule has 0 amide bonds. The van der Waals surface area contributed by atoms with E-state index in [1.807, 2.05) is 0 Å². The van der Waals surface area contributed by atoms with Crippen LogP contribution >= 0.6 is 0 Å². The van der Waals surface area contributed by atoms with Crippen molar-refractivity contribution in [2.45, 2.75) is 31.1 Å². The smallest absolute Gasteiger partial charge is 0.244 e. The maximum Gasteiger partial charge on any atom is 0.244 e. The van der Waals surface area contributed by atoms with Crippen molar-refractivity contribution in [1.82, 2.24) is 9.29 Å². The first-order chi connectivity index (χ1) is 8.14. The van der Waals surface area contributed by atoms with Crippen LogP contribution in [-0.4, -0.2) is 30.8 Å². The molecule has 0 spiro atoms. The van der Waals surface area contributed by atoms with Crippen LogP contribution in [-0.2, 0) is 10.0 Å². The van der Waals surface area contributed by atoms with Crippen molar-refractivity contribution in [3.8, 4) is 0 Å². The average molecular weight is 254 g/mol. The molecule has 0 aromatic carbocycles. The van der Waals surface area contributed by atoms with Gasteiger partial charge in [-0.15, -0.1) is 0 Å². The molecule has 0 aliphatic carbocycles. The second-order valence-corrected chi connectivity index (χ2v) is 6.38. The molecule has 0 radical (unpaired) electrons. The first kappa shape index (κ1) is 12.5. The van der Waals surface area contributed by atoms with Gasteiger partial charge in [0.25, 0.3) is 0 Å². The van der Waals surface area contributed by atoms with Gasteiger partial charge in [0.2, 0.25) is 10.0 Å². The highest BCUT2D eigenvalue weighted by Gasteiger charge is 2.28. The summed E-state index contributed by atoms with van der Waals surface area (Å²) in [5, 5.41) is 0. The molecule has 94 valence electrons. The van der Waals surface area contributed by atoms with Crippen LogP contribution in [0.2, 0.25) is 0 Å². The summed E-state index contributed by atoms with van der Waals surface area (Å²) >= 11 is 0. The molecule has 1 saturated heterocycles. The van der Waals surface area contributed by atoms with Crippen LogP contribution < -0.4 is 0 Å². The number of pyridine rings is 1. The van der Waals surface area contributed by atoms with E-state index < -0.39 is 10.0 Å². The standard InChI is InChI=1S/C12H18N2O2S/c1-2-11-5-8-14(9-6-11)17(15,16)12-4-3-7-13-10-12/h3-4,7,10-11H,2,5-6,8-9H2,1H3. The Hall–Kier alpha value is -0.940. The van der Waals surface area contributed by atoms with Gasteiger partial charge in [-0.2, -0.15) is 4.31 Å². The Balaban J connectivity index is 2.13. The van der Waals surface area contributed by atoms with Crippen molar-refractivity contribution in [2.24, 2.45) is 5.92 Å². The number of hydrogen-bond donors (Lipinski definition) is 0. The third kappa shape index (κ3) is 2.66. The van der Waals surface area contributed by atoms with E-state index in [2.05, 4.69) is 11.9 Å². The summed E-state index contributed by atoms with van der Waals surface area (Å²) in [6, 6.07) is 3.26. The van der Waals surface area contributed by atoms with E-state index in [1.165, 1.54) is 6.20 Å². The summed E-state index contributed by atoms with van der Waals surface area (Å²) in [5.41, 5.74) is 0. The predicted molar refractivity (Wildman–Crippen MR) is 66.0 cm³/mol. The van der Waals surface area contributed by atoms with Gasteiger partial charge < -0.3 is 0 Å². The van der Waals surface area contributed by atoms with Crippen molar-refractivity contribution in [3.63, 3.8) is 0 Å². The lowest BCUT2D eigenvalue weighted by Crippen LogP contribution is -2.38. The number of nitrogens with zero attached hydrogens (tertiary/aromatic N) is 2. The average Bonchev–Trinajstić information content (AvgIpc) is 2.40. The Morgan fingerprint density at radius 2 is 2.12 bits per heavy atom. The summed E-state index contributed by atoms with van der Waals surface area (Å²) in [6.07, 6.45) is 6.08. The van der Waals surface area contributed by atoms with Crippen molar-refractivity contribution in [2.75, 3.05) is 13.1 Å². The third-order valence-electron chi connectivity index (χ3n) is 3.42. The Kier molecular flexibility index (Phi) is 3.79. The molecular weight excluding hydrogens is 236 g/mol. The first-order valence-corrected chi connectivity index (χ1v) is 7.48. The second kappa shape index (κ2) is 5.14. The van der Waals surface area contributed by atoms with Gasteiger partial charge in [0.15, 0.2) is 0 Å². The molecule has 2 heterocycles. The predicted octanol–water partition coefficient (Wildman–Crippen LogP) is 1.89. The number of sulfonamides is 1. The molecule has 0 saturated carbocycles. The topological polar surface area (TPSA) is 50.3 Å². The molecule has 4 nitrogen and oxygen atoms in total. The molecule has 1 aromatic heterocycles. The monoisotopic (exact) mass is 254 g/mol. The van der Waals surface area contributed by atoms with Gasteiger partial charge in [-0.25, -0.2) is 8.42 Å². The van der Waals surface area contributed by atoms with E-state index in [0.717, 1.165) is 19.3 Å². The molecule has 0 N–H and O–H groups in total. The zero-order valence-electron chi connectivity index (χ0n) is 10.0. The minimum Gasteiger partial charge on any atom is -0.263 e. The Morgan fingerprint density at radius 1 is 1.41 bits per heavy atom. The van der Waals surface area contributed by atoms with Gasteiger partial charge in [0.05, 0.1) is 0 Å². The Morgan fingerprint density at radius 3 is 2.65 bits per heavy atom. The Labute approximate surface area is 103 Å². The van der Waals surface area contributed by atoms with Gasteiger partial charge >= 0.3 is 0 Å². The highest BCUT2D eigenvalue weighted by atomic mass is 32.2. The molecule has 2 rings (SSSR count). The number of piperidine rings is 1. The number of aromatic nitrogens is 1. The fourth-order valence-corrected chi connectivity index (χ4v) is 3.64. The molecule has 17 heavy (non-hydrogen) atoms. The van der Waals surface area contributed by atoms with E-state index >= 15 is 0 Å². The van der Waals surface area contributed by atoms with Crippen LogP contribution in [0.25, 0.3) is 0 Å². The Bertz CT molecular complexity index is 451. The number of rotatable bonds is 3. The van der Waals surface area contributed by atoms with Crippen LogP contribution in [0.5, 0.6) is 0 Å². The minimum atomic E-state index is -3.32. The first-order valence-electron chi connectivity index (χ1n) is 6.04. The van der Waals surface area contributed by atoms with Crippen LogP contribution in [0.3, 0.4) is 0 Å². The summed E-state index contributed by atoms with van der Waals surface area (Å²) < 4.78 is 26.1. The zero-order valence-corrected chi connectivity index (χ0v) is 10.9. The molecule has 1 fully saturated rings. The fraction of sp³-hybridized carbons (Fsp3) is 0.583. The summed E-state index contributed by atoms with van der Waals surface area (Å²) in [4.78, 5) is 4.17. The zero-order chi connectivity index (χ0) is 12.3. The van der Waals surface area contributed by atoms with Crippen LogP contribution in [0.15, 0.2) is 29.4 Å². The maximum absolute atomic E-state index is 12.3. The normalized spacial score (nSPS) is 19.4. The largest absolute Gasteiger partial charge is 0.263 e. The van der Waals surface area contributed by atoms with Gasteiger partial charge in [0.1, 0.15) is 4.90 Å². The number of hydrogen-bond acceptors (Lipinski definition) is 3. The lowest BCUT2D eigenvalue weighted by Gasteiger charge is -2.30. The van der Waals surface area contributed by atoms with Gasteiger partial charge in [-0.3, -0.25) is 4.98 Å². The molecule has 0 bridgehead atoms. The highest BCUT2D eigenvalue weighted by Crippen LogP contribution is 2.24. The third-order valence-corrected chi connectivity index (χ3v) is 5.31. The molecule has 0 unspecified atom stereocenters. The van der Waals surface area contributed by atoms with Gasteiger partial charge in [-0.1, -0.05) is 13.3 Å². The van der Waals surface area contributed by atoms with Gasteiger partial charge in [-0.05, 0) is 30.9 Å². The highest BCUT2D eigenvalue weighted by molar-refractivity contribution is 7.89. The lowest BCUT2D eigenvalue weighted by atomic mass is 9.96. The van der Waals surface area contributed by atoms with Crippen LogP contribution in [0.1, 0.15) is 26.2 Å². The lowest BCUT2D eigenvalue weighted by molar-refractivity contribution is 0.269. The maximum atomic E-state index is 12.3. The van der Waals surface area contributed by atoms with Crippen molar-refractivity contribution in [1.29, 1.82) is 0 Å². The van der Waals surface area contributed by atoms with Crippen LogP contribution in [0, 0.1) is 5.92 Å². The molecule has 5 heteroatoms. The van der Waals surface area contributed by atoms with E-state index in [-0.39, 0.29) is 0 Å². The van der Waals surface area contributed by atoms with Crippen LogP contribution in [0.4, 0.5) is 0 Å². The van der Waals surface area contributed by atoms with Crippen molar-refractivity contribution < 1.29 is 8.42 Å². The molecule has 0 atom stereocenters. The summed E-state index contributed by atoms with van der Waals surface area (Å²) in [6.45, 7) is 3.43. The van der Waals surface area contributed by atoms with E-state index in [9.17, 15) is 8.42 Å². The molecule has 1 aliphatic rings. The molecule has 1 aliphatic heterocycles. The SMILES string of the molecule is CCC1CCN(S(=O)(=O)c2cccnc2)CC1. The van der Waals surface area contributed by atoms with Crippen molar-refractivity contribution >= 4 is 10.0 Å². The molecular formula is C12H18N2O2S. The fourth-order valence-electron chi connectivity index (χ4n) is 2.21. The summed E-state index contributed by atoms with van der Waals surface area (Å²) in [5.74, 6) is 0.676. The summed E-state index contributed by atoms with van der Waals surface area (Å²) in [7, 11) is -3.32. The van der Waals surface area contributed by atoms with Gasteiger partial charge in [0, 0.05) is 25.5 Å². The van der Waals surface area contributed by atoms with E-state index in [0.29, 0.717) is 23.9 Å². The second-order valence-electron chi connectivity index (χ2n) is 4.44. The van der Waals surface area contributed by atoms with E-state index in [4.69, 9.17) is 0 Å². The quantitative estimate of drug-likeness (QED) is 0.827. The minimum absolute atomic E-state index is 0.301. The van der Waals surface area contributed by atoms with E-state index in [1.54, 1.807) is 22.6 Å². The van der Waals surface area contributed by atoms with Crippen molar-refractivity contribution in [3.05, 3.63) is 24.5 Å².